The number of rotatable bonds is 8. The van der Waals surface area contributed by atoms with E-state index < -0.39 is 17.8 Å². The summed E-state index contributed by atoms with van der Waals surface area (Å²) in [7, 11) is 1.58. The number of aliphatic imine (C=N–C) groups is 1. The van der Waals surface area contributed by atoms with E-state index in [2.05, 4.69) is 11.6 Å². The van der Waals surface area contributed by atoms with Gasteiger partial charge in [-0.1, -0.05) is 25.6 Å². The molecule has 1 aromatic rings. The van der Waals surface area contributed by atoms with Gasteiger partial charge >= 0.3 is 5.97 Å². The normalized spacial score (nSPS) is 20.9. The Morgan fingerprint density at radius 3 is 2.77 bits per heavy atom. The van der Waals surface area contributed by atoms with Crippen molar-refractivity contribution in [1.29, 1.82) is 0 Å². The maximum absolute atomic E-state index is 12.9. The van der Waals surface area contributed by atoms with E-state index in [0.29, 0.717) is 35.8 Å². The highest BCUT2D eigenvalue weighted by molar-refractivity contribution is 6.11. The Morgan fingerprint density at radius 2 is 2.07 bits per heavy atom. The van der Waals surface area contributed by atoms with Crippen LogP contribution in [0.25, 0.3) is 0 Å². The van der Waals surface area contributed by atoms with E-state index >= 15 is 0 Å². The highest BCUT2D eigenvalue weighted by Gasteiger charge is 2.43. The predicted molar refractivity (Wildman–Crippen MR) is 115 cm³/mol. The number of fused-ring (bicyclic) bond motifs is 1. The molecule has 0 radical (unpaired) electrons. The number of ketones is 1. The van der Waals surface area contributed by atoms with Crippen LogP contribution in [0.15, 0.2) is 47.1 Å². The summed E-state index contributed by atoms with van der Waals surface area (Å²) in [5, 5.41) is 0. The van der Waals surface area contributed by atoms with Gasteiger partial charge in [0.1, 0.15) is 12.4 Å². The fraction of sp³-hybridized carbons (Fsp3) is 0.458. The predicted octanol–water partition coefficient (Wildman–Crippen LogP) is 4.39. The van der Waals surface area contributed by atoms with E-state index in [9.17, 15) is 9.59 Å². The monoisotopic (exact) mass is 411 g/mol. The highest BCUT2D eigenvalue weighted by Crippen LogP contribution is 2.45. The molecule has 160 valence electrons. The number of carbonyl (C=O) groups is 2. The van der Waals surface area contributed by atoms with E-state index in [1.54, 1.807) is 14.0 Å². The fourth-order valence-electron chi connectivity index (χ4n) is 4.17. The molecular weight excluding hydrogens is 382 g/mol. The molecule has 0 amide bonds. The maximum atomic E-state index is 12.9. The number of ether oxygens (including phenoxy) is 3. The minimum absolute atomic E-state index is 0.102. The van der Waals surface area contributed by atoms with Crippen LogP contribution >= 0.6 is 0 Å². The van der Waals surface area contributed by atoms with Gasteiger partial charge in [0.05, 0.1) is 25.2 Å². The fourth-order valence-corrected chi connectivity index (χ4v) is 4.17. The van der Waals surface area contributed by atoms with E-state index in [4.69, 9.17) is 14.2 Å². The van der Waals surface area contributed by atoms with Crippen molar-refractivity contribution >= 4 is 17.5 Å². The Hall–Kier alpha value is -2.89. The Morgan fingerprint density at radius 1 is 1.27 bits per heavy atom. The molecule has 2 atom stereocenters. The van der Waals surface area contributed by atoms with Crippen LogP contribution in [0, 0.1) is 5.92 Å². The molecule has 6 nitrogen and oxygen atoms in total. The molecule has 1 aliphatic heterocycles. The van der Waals surface area contributed by atoms with Crippen LogP contribution in [-0.2, 0) is 14.3 Å². The van der Waals surface area contributed by atoms with Crippen molar-refractivity contribution in [3.8, 4) is 11.5 Å². The van der Waals surface area contributed by atoms with Gasteiger partial charge in [-0.15, -0.1) is 0 Å². The molecule has 2 unspecified atom stereocenters. The number of benzene rings is 1. The van der Waals surface area contributed by atoms with Crippen LogP contribution in [0.5, 0.6) is 11.5 Å². The Balaban J connectivity index is 2.09. The maximum Gasteiger partial charge on any atom is 0.336 e. The summed E-state index contributed by atoms with van der Waals surface area (Å²) in [5.74, 6) is -0.0674. The van der Waals surface area contributed by atoms with E-state index in [1.165, 1.54) is 6.08 Å². The Kier molecular flexibility index (Phi) is 7.08. The van der Waals surface area contributed by atoms with Gasteiger partial charge in [0.2, 0.25) is 0 Å². The van der Waals surface area contributed by atoms with Crippen LogP contribution in [0.3, 0.4) is 0 Å². The SMILES string of the molecule is C=CCOC(=O)C1=C(C)N=C2CCCC(=O)C2C1c1ccc(OCCC)c(OC)c1. The average Bonchev–Trinajstić information content (AvgIpc) is 2.75. The van der Waals surface area contributed by atoms with Crippen LogP contribution in [0.4, 0.5) is 0 Å². The zero-order chi connectivity index (χ0) is 21.7. The van der Waals surface area contributed by atoms with Gasteiger partial charge in [0.25, 0.3) is 0 Å². The summed E-state index contributed by atoms with van der Waals surface area (Å²) in [6.45, 7) is 8.12. The smallest absolute Gasteiger partial charge is 0.336 e. The zero-order valence-electron chi connectivity index (χ0n) is 17.9. The van der Waals surface area contributed by atoms with Gasteiger partial charge in [0.15, 0.2) is 11.5 Å². The van der Waals surface area contributed by atoms with E-state index in [1.807, 2.05) is 25.1 Å². The zero-order valence-corrected chi connectivity index (χ0v) is 17.9. The topological polar surface area (TPSA) is 74.2 Å². The molecular formula is C24H29NO5. The molecule has 1 saturated carbocycles. The summed E-state index contributed by atoms with van der Waals surface area (Å²) < 4.78 is 16.7. The highest BCUT2D eigenvalue weighted by atomic mass is 16.5. The van der Waals surface area contributed by atoms with Crippen LogP contribution in [-0.4, -0.2) is 37.8 Å². The Labute approximate surface area is 177 Å². The van der Waals surface area contributed by atoms with Gasteiger partial charge in [0, 0.05) is 23.7 Å². The number of allylic oxidation sites excluding steroid dienone is 1. The number of nitrogens with zero attached hydrogens (tertiary/aromatic N) is 1. The lowest BCUT2D eigenvalue weighted by molar-refractivity contribution is -0.138. The first-order valence-electron chi connectivity index (χ1n) is 10.4. The van der Waals surface area contributed by atoms with Crippen molar-refractivity contribution in [3.63, 3.8) is 0 Å². The molecule has 0 spiro atoms. The first-order chi connectivity index (χ1) is 14.5. The molecule has 0 aromatic heterocycles. The van der Waals surface area contributed by atoms with Crippen molar-refractivity contribution in [2.45, 2.75) is 45.4 Å². The molecule has 1 fully saturated rings. The quantitative estimate of drug-likeness (QED) is 0.468. The molecule has 0 bridgehead atoms. The lowest BCUT2D eigenvalue weighted by Crippen LogP contribution is -2.39. The number of carbonyl (C=O) groups excluding carboxylic acids is 2. The third kappa shape index (κ3) is 4.32. The molecule has 1 aromatic carbocycles. The minimum atomic E-state index is -0.469. The van der Waals surface area contributed by atoms with Crippen LogP contribution < -0.4 is 9.47 Å². The summed E-state index contributed by atoms with van der Waals surface area (Å²) >= 11 is 0. The van der Waals surface area contributed by atoms with Crippen molar-refractivity contribution in [2.75, 3.05) is 20.3 Å². The summed E-state index contributed by atoms with van der Waals surface area (Å²) in [6.07, 6.45) is 4.44. The molecule has 6 heteroatoms. The third-order valence-electron chi connectivity index (χ3n) is 5.47. The van der Waals surface area contributed by atoms with E-state index in [0.717, 1.165) is 30.5 Å². The van der Waals surface area contributed by atoms with Crippen molar-refractivity contribution in [1.82, 2.24) is 0 Å². The first-order valence-corrected chi connectivity index (χ1v) is 10.4. The molecule has 2 aliphatic rings. The standard InChI is InChI=1S/C24H29NO5/c1-5-12-29-19-11-10-16(14-20(19)28-4)22-21(24(27)30-13-6-2)15(3)25-17-8-7-9-18(26)23(17)22/h6,10-11,14,22-23H,2,5,7-9,12-13H2,1,3-4H3. The molecule has 3 rings (SSSR count). The summed E-state index contributed by atoms with van der Waals surface area (Å²) in [5.41, 5.74) is 2.68. The number of esters is 1. The second-order valence-electron chi connectivity index (χ2n) is 7.52. The molecule has 0 saturated heterocycles. The van der Waals surface area contributed by atoms with Gasteiger partial charge < -0.3 is 14.2 Å². The number of hydrogen-bond acceptors (Lipinski definition) is 6. The number of hydrogen-bond donors (Lipinski definition) is 0. The van der Waals surface area contributed by atoms with Gasteiger partial charge in [-0.3, -0.25) is 9.79 Å². The molecule has 1 aliphatic carbocycles. The average molecular weight is 411 g/mol. The lowest BCUT2D eigenvalue weighted by Gasteiger charge is -2.35. The lowest BCUT2D eigenvalue weighted by atomic mass is 9.69. The molecule has 1 heterocycles. The van der Waals surface area contributed by atoms with E-state index in [-0.39, 0.29) is 12.4 Å². The Bertz CT molecular complexity index is 899. The van der Waals surface area contributed by atoms with Crippen molar-refractivity contribution in [2.24, 2.45) is 10.9 Å². The first kappa shape index (κ1) is 21.8. The molecule has 30 heavy (non-hydrogen) atoms. The van der Waals surface area contributed by atoms with Crippen LogP contribution in [0.2, 0.25) is 0 Å². The van der Waals surface area contributed by atoms with Crippen LogP contribution in [0.1, 0.15) is 51.0 Å². The third-order valence-corrected chi connectivity index (χ3v) is 5.47. The molecule has 0 N–H and O–H groups in total. The number of methoxy groups -OCH3 is 1. The van der Waals surface area contributed by atoms with Crippen molar-refractivity contribution < 1.29 is 23.8 Å². The van der Waals surface area contributed by atoms with Gasteiger partial charge in [-0.05, 0) is 43.9 Å². The summed E-state index contributed by atoms with van der Waals surface area (Å²) in [6, 6.07) is 5.59. The van der Waals surface area contributed by atoms with Gasteiger partial charge in [-0.25, -0.2) is 4.79 Å². The van der Waals surface area contributed by atoms with Crippen molar-refractivity contribution in [3.05, 3.63) is 47.7 Å². The summed E-state index contributed by atoms with van der Waals surface area (Å²) in [4.78, 5) is 30.5. The second-order valence-corrected chi connectivity index (χ2v) is 7.52. The second kappa shape index (κ2) is 9.74. The number of Topliss-reactive ketones (excluding diaryl/α,β-unsaturated/α-hetero) is 1. The largest absolute Gasteiger partial charge is 0.493 e. The van der Waals surface area contributed by atoms with Gasteiger partial charge in [-0.2, -0.15) is 0 Å². The minimum Gasteiger partial charge on any atom is -0.493 e.